The van der Waals surface area contributed by atoms with Crippen LogP contribution >= 0.6 is 23.1 Å². The number of carboxylic acid groups (broad SMARTS) is 1. The Labute approximate surface area is 289 Å². The number of aromatic amines is 1. The van der Waals surface area contributed by atoms with E-state index in [1.165, 1.54) is 23.3 Å². The molecule has 2 saturated carbocycles. The van der Waals surface area contributed by atoms with Gasteiger partial charge in [-0.1, -0.05) is 53.8 Å². The summed E-state index contributed by atoms with van der Waals surface area (Å²) in [7, 11) is 1.53. The zero-order valence-corrected chi connectivity index (χ0v) is 28.1. The molecular weight excluding hydrogens is 667 g/mol. The number of fused-ring (bicyclic) bond motifs is 10. The lowest BCUT2D eigenvalue weighted by Gasteiger charge is -2.43. The second-order valence-corrected chi connectivity index (χ2v) is 15.3. The number of benzene rings is 3. The number of likely N-dealkylation sites (tertiary alicyclic amines) is 1. The Morgan fingerprint density at radius 1 is 1.00 bits per heavy atom. The number of carbonyl (C=O) groups excluding carboxylic acids is 3. The van der Waals surface area contributed by atoms with Crippen LogP contribution in [0.4, 0.5) is 5.69 Å². The number of carboxylic acids is 1. The number of nitrogens with one attached hydrogen (secondary N) is 2. The highest BCUT2D eigenvalue weighted by Gasteiger charge is 2.69. The Balaban J connectivity index is 1.05. The maximum Gasteiger partial charge on any atom is 0.305 e. The first-order chi connectivity index (χ1) is 23.7. The molecule has 0 spiro atoms. The van der Waals surface area contributed by atoms with Gasteiger partial charge in [0.2, 0.25) is 11.8 Å². The van der Waals surface area contributed by atoms with Crippen molar-refractivity contribution in [3.05, 3.63) is 80.8 Å². The number of aromatic nitrogens is 1. The Bertz CT molecular complexity index is 2070. The number of hydrogen-bond acceptors (Lipinski definition) is 9. The number of aliphatic carboxylic acids is 1. The highest BCUT2D eigenvalue weighted by Crippen LogP contribution is 2.68. The lowest BCUT2D eigenvalue weighted by molar-refractivity contribution is -0.142. The molecule has 3 aromatic carbocycles. The van der Waals surface area contributed by atoms with Crippen LogP contribution in [0.2, 0.25) is 0 Å². The van der Waals surface area contributed by atoms with Crippen LogP contribution in [0.1, 0.15) is 35.6 Å². The minimum atomic E-state index is -0.958. The quantitative estimate of drug-likeness (QED) is 0.195. The number of nitrogens with zero attached hydrogens (tertiary/aromatic N) is 1. The molecule has 13 heteroatoms. The van der Waals surface area contributed by atoms with Gasteiger partial charge in [-0.05, 0) is 59.7 Å². The number of anilines is 1. The summed E-state index contributed by atoms with van der Waals surface area (Å²) in [6.45, 7) is -0.124. The third-order valence-electron chi connectivity index (χ3n) is 10.6. The molecule has 3 fully saturated rings. The lowest BCUT2D eigenvalue weighted by atomic mass is 9.68. The summed E-state index contributed by atoms with van der Waals surface area (Å²) < 4.78 is 11.7. The average molecular weight is 700 g/mol. The zero-order chi connectivity index (χ0) is 34.0. The number of thiazole rings is 1. The van der Waals surface area contributed by atoms with Crippen molar-refractivity contribution in [3.8, 4) is 11.5 Å². The number of methoxy groups -OCH3 is 1. The van der Waals surface area contributed by atoms with Crippen LogP contribution in [-0.2, 0) is 19.2 Å². The van der Waals surface area contributed by atoms with Gasteiger partial charge in [0.1, 0.15) is 0 Å². The van der Waals surface area contributed by atoms with Crippen LogP contribution in [0.3, 0.4) is 0 Å². The Morgan fingerprint density at radius 2 is 1.78 bits per heavy atom. The molecule has 2 aliphatic heterocycles. The monoisotopic (exact) mass is 699 g/mol. The standard InChI is InChI=1S/C36H33N3O8S2/c1-46-24-14-18(11-12-23(24)47-16-25(40)37-22-9-4-7-17-6-2-3-8-19(17)22)27-28-20-15-21(31(28)48-33-32(27)49-36(45)38-33)30-29(20)34(43)39(35(30)44)13-5-10-26(41)42/h2-4,6-9,11-12,14,20-21,27-31H,5,10,13,15-16H2,1H3,(H,37,40)(H,38,45)(H,41,42)/t20?,21?,27-,28?,29?,30?,31?/m1/s1. The molecule has 252 valence electrons. The van der Waals surface area contributed by atoms with Crippen LogP contribution in [0.25, 0.3) is 10.8 Å². The summed E-state index contributed by atoms with van der Waals surface area (Å²) in [6, 6.07) is 19.1. The highest BCUT2D eigenvalue weighted by molar-refractivity contribution is 8.00. The number of amides is 3. The van der Waals surface area contributed by atoms with E-state index in [1.807, 2.05) is 54.6 Å². The third-order valence-corrected chi connectivity index (χ3v) is 13.1. The molecule has 1 saturated heterocycles. The molecule has 7 atom stereocenters. The van der Waals surface area contributed by atoms with Crippen molar-refractivity contribution in [2.45, 2.75) is 35.5 Å². The number of H-pyrrole nitrogens is 1. The van der Waals surface area contributed by atoms with E-state index in [0.29, 0.717) is 17.2 Å². The minimum absolute atomic E-state index is 0.00568. The van der Waals surface area contributed by atoms with E-state index in [2.05, 4.69) is 10.3 Å². The van der Waals surface area contributed by atoms with Crippen molar-refractivity contribution in [2.75, 3.05) is 25.6 Å². The molecule has 2 aliphatic carbocycles. The number of thioether (sulfide) groups is 1. The van der Waals surface area contributed by atoms with Crippen molar-refractivity contribution in [1.82, 2.24) is 9.88 Å². The third kappa shape index (κ3) is 5.30. The second-order valence-electron chi connectivity index (χ2n) is 13.1. The highest BCUT2D eigenvalue weighted by atomic mass is 32.2. The largest absolute Gasteiger partial charge is 0.493 e. The maximum atomic E-state index is 13.7. The minimum Gasteiger partial charge on any atom is -0.493 e. The summed E-state index contributed by atoms with van der Waals surface area (Å²) in [5.41, 5.74) is 1.59. The fourth-order valence-corrected chi connectivity index (χ4v) is 11.6. The molecule has 0 radical (unpaired) electrons. The number of carbonyl (C=O) groups is 4. The van der Waals surface area contributed by atoms with Gasteiger partial charge in [-0.15, -0.1) is 11.8 Å². The van der Waals surface area contributed by atoms with Gasteiger partial charge < -0.3 is 24.9 Å². The maximum absolute atomic E-state index is 13.7. The lowest BCUT2D eigenvalue weighted by Crippen LogP contribution is -2.42. The molecular formula is C36H33N3O8S2. The van der Waals surface area contributed by atoms with Crippen molar-refractivity contribution in [2.24, 2.45) is 29.6 Å². The van der Waals surface area contributed by atoms with Crippen molar-refractivity contribution in [3.63, 3.8) is 0 Å². The van der Waals surface area contributed by atoms with Crippen LogP contribution in [-0.4, -0.2) is 64.2 Å². The first-order valence-corrected chi connectivity index (χ1v) is 18.0. The van der Waals surface area contributed by atoms with Gasteiger partial charge in [-0.25, -0.2) is 0 Å². The molecule has 4 aliphatic rings. The van der Waals surface area contributed by atoms with Gasteiger partial charge in [0.15, 0.2) is 18.1 Å². The van der Waals surface area contributed by atoms with E-state index in [9.17, 15) is 24.0 Å². The first kappa shape index (κ1) is 31.6. The van der Waals surface area contributed by atoms with Crippen LogP contribution in [0.5, 0.6) is 11.5 Å². The normalized spacial score (nSPS) is 26.4. The zero-order valence-electron chi connectivity index (χ0n) is 26.4. The fourth-order valence-electron chi connectivity index (χ4n) is 8.72. The van der Waals surface area contributed by atoms with Gasteiger partial charge in [-0.2, -0.15) is 0 Å². The van der Waals surface area contributed by atoms with Gasteiger partial charge in [0.05, 0.1) is 24.0 Å². The fraction of sp³-hybridized carbons (Fsp3) is 0.361. The predicted octanol–water partition coefficient (Wildman–Crippen LogP) is 4.95. The molecule has 3 heterocycles. The van der Waals surface area contributed by atoms with Gasteiger partial charge in [-0.3, -0.25) is 28.9 Å². The first-order valence-electron chi connectivity index (χ1n) is 16.3. The van der Waals surface area contributed by atoms with E-state index >= 15 is 0 Å². The van der Waals surface area contributed by atoms with E-state index in [4.69, 9.17) is 14.6 Å². The van der Waals surface area contributed by atoms with E-state index in [-0.39, 0.29) is 77.5 Å². The molecule has 11 nitrogen and oxygen atoms in total. The Hall–Kier alpha value is -4.62. The summed E-state index contributed by atoms with van der Waals surface area (Å²) in [4.78, 5) is 69.0. The average Bonchev–Trinajstić information content (AvgIpc) is 3.83. The van der Waals surface area contributed by atoms with Crippen LogP contribution in [0, 0.1) is 29.6 Å². The smallest absolute Gasteiger partial charge is 0.305 e. The van der Waals surface area contributed by atoms with Crippen molar-refractivity contribution < 1.29 is 33.8 Å². The molecule has 4 aromatic rings. The van der Waals surface area contributed by atoms with Gasteiger partial charge in [0.25, 0.3) is 5.91 Å². The topological polar surface area (TPSA) is 155 Å². The molecule has 3 N–H and O–H groups in total. The number of rotatable bonds is 10. The van der Waals surface area contributed by atoms with Crippen LogP contribution < -0.4 is 19.7 Å². The predicted molar refractivity (Wildman–Crippen MR) is 183 cm³/mol. The van der Waals surface area contributed by atoms with Crippen LogP contribution in [0.15, 0.2) is 70.5 Å². The van der Waals surface area contributed by atoms with E-state index in [0.717, 1.165) is 32.7 Å². The number of ether oxygens (including phenoxy) is 2. The van der Waals surface area contributed by atoms with Crippen molar-refractivity contribution >= 4 is 63.2 Å². The Kier molecular flexibility index (Phi) is 7.98. The molecule has 49 heavy (non-hydrogen) atoms. The Morgan fingerprint density at radius 3 is 2.57 bits per heavy atom. The van der Waals surface area contributed by atoms with Gasteiger partial charge in [0, 0.05) is 40.1 Å². The molecule has 3 amide bonds. The van der Waals surface area contributed by atoms with E-state index in [1.54, 1.807) is 17.8 Å². The van der Waals surface area contributed by atoms with Crippen molar-refractivity contribution in [1.29, 1.82) is 0 Å². The molecule has 1 aromatic heterocycles. The summed E-state index contributed by atoms with van der Waals surface area (Å²) >= 11 is 2.77. The summed E-state index contributed by atoms with van der Waals surface area (Å²) in [5, 5.41) is 14.8. The summed E-state index contributed by atoms with van der Waals surface area (Å²) in [5.74, 6) is -2.04. The number of hydrogen-bond donors (Lipinski definition) is 3. The van der Waals surface area contributed by atoms with E-state index < -0.39 is 17.8 Å². The van der Waals surface area contributed by atoms with Gasteiger partial charge >= 0.3 is 10.8 Å². The second kappa shape index (κ2) is 12.4. The number of imide groups is 1. The molecule has 8 rings (SSSR count). The molecule has 6 unspecified atom stereocenters. The summed E-state index contributed by atoms with van der Waals surface area (Å²) in [6.07, 6.45) is 0.869. The molecule has 2 bridgehead atoms. The SMILES string of the molecule is COc1cc([C@H]2c3sc(=O)[nH]c3SC3C4CC(C5C(=O)N(CCCC(=O)O)C(=O)C45)C32)ccc1OCC(=O)Nc1cccc2ccccc12.